The monoisotopic (exact) mass is 326 g/mol. The second kappa shape index (κ2) is 6.56. The Labute approximate surface area is 135 Å². The van der Waals surface area contributed by atoms with Gasteiger partial charge >= 0.3 is 0 Å². The summed E-state index contributed by atoms with van der Waals surface area (Å²) in [4.78, 5) is 14.1. The van der Waals surface area contributed by atoms with Crippen LogP contribution in [-0.4, -0.2) is 51.8 Å². The van der Waals surface area contributed by atoms with Gasteiger partial charge in [-0.25, -0.2) is 0 Å². The van der Waals surface area contributed by atoms with Gasteiger partial charge in [0.25, 0.3) is 0 Å². The Balaban J connectivity index is 1.62. The smallest absolute Gasteiger partial charge is 0.222 e. The van der Waals surface area contributed by atoms with Crippen molar-refractivity contribution in [3.63, 3.8) is 0 Å². The van der Waals surface area contributed by atoms with Gasteiger partial charge in [-0.2, -0.15) is 5.10 Å². The highest BCUT2D eigenvalue weighted by Crippen LogP contribution is 2.41. The van der Waals surface area contributed by atoms with Crippen molar-refractivity contribution in [1.82, 2.24) is 20.4 Å². The number of aliphatic hydroxyl groups is 1. The van der Waals surface area contributed by atoms with Gasteiger partial charge in [0, 0.05) is 32.1 Å². The molecule has 0 spiro atoms. The number of H-pyrrole nitrogens is 1. The number of carbonyl (C=O) groups is 1. The van der Waals surface area contributed by atoms with Crippen LogP contribution in [-0.2, 0) is 11.3 Å². The zero-order valence-corrected chi connectivity index (χ0v) is 13.6. The van der Waals surface area contributed by atoms with E-state index in [1.54, 1.807) is 0 Å². The number of nitrogens with zero attached hydrogens (tertiary/aromatic N) is 2. The third-order valence-electron chi connectivity index (χ3n) is 4.67. The predicted molar refractivity (Wildman–Crippen MR) is 83.5 cm³/mol. The molecule has 122 valence electrons. The van der Waals surface area contributed by atoms with Crippen LogP contribution in [0.15, 0.2) is 0 Å². The van der Waals surface area contributed by atoms with Gasteiger partial charge in [0.15, 0.2) is 0 Å². The summed E-state index contributed by atoms with van der Waals surface area (Å²) < 4.78 is 0. The molecule has 2 aliphatic rings. The Kier molecular flexibility index (Phi) is 4.70. The van der Waals surface area contributed by atoms with Gasteiger partial charge in [0.05, 0.1) is 23.0 Å². The molecule has 1 aliphatic heterocycles. The number of carbonyl (C=O) groups excluding carboxylic acids is 1. The minimum absolute atomic E-state index is 0.0614. The first-order chi connectivity index (χ1) is 10.6. The summed E-state index contributed by atoms with van der Waals surface area (Å²) in [5, 5.41) is 19.8. The van der Waals surface area contributed by atoms with E-state index in [1.807, 2.05) is 6.92 Å². The average molecular weight is 327 g/mol. The van der Waals surface area contributed by atoms with E-state index in [4.69, 9.17) is 16.7 Å². The second-order valence-corrected chi connectivity index (χ2v) is 6.83. The highest BCUT2D eigenvalue weighted by molar-refractivity contribution is 6.31. The lowest BCUT2D eigenvalue weighted by Crippen LogP contribution is -2.41. The standard InChI is InChI=1S/C15H23ClN4O2/c1-9-15(16)13(19-18-9)8-20-6-11(10-2-3-10)12(7-20)17-14(22)4-5-21/h10-12,21H,2-8H2,1H3,(H,17,22)(H,18,19)/t11-,12+/m0/s1. The highest BCUT2D eigenvalue weighted by Gasteiger charge is 2.43. The molecular formula is C15H23ClN4O2. The molecular weight excluding hydrogens is 304 g/mol. The lowest BCUT2D eigenvalue weighted by molar-refractivity contribution is -0.122. The van der Waals surface area contributed by atoms with Crippen molar-refractivity contribution in [3.05, 3.63) is 16.4 Å². The molecule has 0 aromatic carbocycles. The van der Waals surface area contributed by atoms with Gasteiger partial charge in [-0.3, -0.25) is 14.8 Å². The maximum atomic E-state index is 11.8. The van der Waals surface area contributed by atoms with Crippen LogP contribution in [0.2, 0.25) is 5.02 Å². The number of nitrogens with one attached hydrogen (secondary N) is 2. The van der Waals surface area contributed by atoms with Crippen LogP contribution in [0.1, 0.15) is 30.7 Å². The molecule has 1 aliphatic carbocycles. The van der Waals surface area contributed by atoms with E-state index < -0.39 is 0 Å². The molecule has 0 radical (unpaired) electrons. The molecule has 3 N–H and O–H groups in total. The number of aromatic nitrogens is 2. The molecule has 2 heterocycles. The first kappa shape index (κ1) is 15.8. The van der Waals surface area contributed by atoms with Crippen LogP contribution in [0.5, 0.6) is 0 Å². The Morgan fingerprint density at radius 3 is 2.86 bits per heavy atom. The van der Waals surface area contributed by atoms with E-state index in [0.29, 0.717) is 17.5 Å². The number of aryl methyl sites for hydroxylation is 1. The van der Waals surface area contributed by atoms with Gasteiger partial charge in [-0.1, -0.05) is 11.6 Å². The Morgan fingerprint density at radius 2 is 2.27 bits per heavy atom. The number of hydrogen-bond acceptors (Lipinski definition) is 4. The van der Waals surface area contributed by atoms with Crippen LogP contribution < -0.4 is 5.32 Å². The molecule has 1 saturated carbocycles. The summed E-state index contributed by atoms with van der Waals surface area (Å²) in [5.74, 6) is 1.16. The minimum Gasteiger partial charge on any atom is -0.396 e. The Morgan fingerprint density at radius 1 is 1.50 bits per heavy atom. The predicted octanol–water partition coefficient (Wildman–Crippen LogP) is 1.08. The molecule has 6 nitrogen and oxygen atoms in total. The zero-order chi connectivity index (χ0) is 15.7. The molecule has 7 heteroatoms. The van der Waals surface area contributed by atoms with Crippen molar-refractivity contribution in [3.8, 4) is 0 Å². The van der Waals surface area contributed by atoms with E-state index in [-0.39, 0.29) is 25.0 Å². The third kappa shape index (κ3) is 3.45. The first-order valence-electron chi connectivity index (χ1n) is 7.90. The summed E-state index contributed by atoms with van der Waals surface area (Å²) in [6.45, 7) is 4.31. The number of aromatic amines is 1. The topological polar surface area (TPSA) is 81.2 Å². The van der Waals surface area contributed by atoms with Crippen molar-refractivity contribution < 1.29 is 9.90 Å². The molecule has 22 heavy (non-hydrogen) atoms. The van der Waals surface area contributed by atoms with Gasteiger partial charge < -0.3 is 10.4 Å². The molecule has 1 amide bonds. The average Bonchev–Trinajstić information content (AvgIpc) is 3.18. The largest absolute Gasteiger partial charge is 0.396 e. The third-order valence-corrected chi connectivity index (χ3v) is 5.17. The SMILES string of the molecule is Cc1[nH]nc(CN2C[C@@H](NC(=O)CCO)[C@H](C3CC3)C2)c1Cl. The second-order valence-electron chi connectivity index (χ2n) is 6.45. The summed E-state index contributed by atoms with van der Waals surface area (Å²) in [5.41, 5.74) is 1.76. The van der Waals surface area contributed by atoms with Gasteiger partial charge in [-0.05, 0) is 31.6 Å². The maximum absolute atomic E-state index is 11.8. The summed E-state index contributed by atoms with van der Waals surface area (Å²) >= 11 is 6.24. The molecule has 2 atom stereocenters. The van der Waals surface area contributed by atoms with E-state index in [0.717, 1.165) is 30.4 Å². The number of rotatable bonds is 6. The maximum Gasteiger partial charge on any atom is 0.222 e. The fraction of sp³-hybridized carbons (Fsp3) is 0.733. The lowest BCUT2D eigenvalue weighted by Gasteiger charge is -2.19. The number of halogens is 1. The Bertz CT molecular complexity index is 544. The summed E-state index contributed by atoms with van der Waals surface area (Å²) in [6.07, 6.45) is 2.69. The number of hydrogen-bond donors (Lipinski definition) is 3. The van der Waals surface area contributed by atoms with Gasteiger partial charge in [0.1, 0.15) is 0 Å². The molecule has 1 saturated heterocycles. The molecule has 2 fully saturated rings. The molecule has 1 aromatic heterocycles. The fourth-order valence-electron chi connectivity index (χ4n) is 3.36. The Hall–Kier alpha value is -1.11. The first-order valence-corrected chi connectivity index (χ1v) is 8.28. The molecule has 0 unspecified atom stereocenters. The van der Waals surface area contributed by atoms with E-state index in [1.165, 1.54) is 12.8 Å². The van der Waals surface area contributed by atoms with Crippen LogP contribution in [0.3, 0.4) is 0 Å². The molecule has 1 aromatic rings. The lowest BCUT2D eigenvalue weighted by atomic mass is 9.98. The van der Waals surface area contributed by atoms with Crippen LogP contribution in [0.25, 0.3) is 0 Å². The van der Waals surface area contributed by atoms with Crippen molar-refractivity contribution in [2.24, 2.45) is 11.8 Å². The van der Waals surface area contributed by atoms with Crippen molar-refractivity contribution in [2.75, 3.05) is 19.7 Å². The highest BCUT2D eigenvalue weighted by atomic mass is 35.5. The zero-order valence-electron chi connectivity index (χ0n) is 12.8. The molecule has 3 rings (SSSR count). The van der Waals surface area contributed by atoms with E-state index in [9.17, 15) is 4.79 Å². The van der Waals surface area contributed by atoms with Gasteiger partial charge in [-0.15, -0.1) is 0 Å². The fourth-order valence-corrected chi connectivity index (χ4v) is 3.50. The van der Waals surface area contributed by atoms with E-state index in [2.05, 4.69) is 20.4 Å². The summed E-state index contributed by atoms with van der Waals surface area (Å²) in [7, 11) is 0. The number of amides is 1. The summed E-state index contributed by atoms with van der Waals surface area (Å²) in [6, 6.07) is 0.172. The van der Waals surface area contributed by atoms with Crippen LogP contribution in [0, 0.1) is 18.8 Å². The van der Waals surface area contributed by atoms with Crippen molar-refractivity contribution in [1.29, 1.82) is 0 Å². The van der Waals surface area contributed by atoms with Crippen molar-refractivity contribution in [2.45, 2.75) is 38.8 Å². The van der Waals surface area contributed by atoms with E-state index >= 15 is 0 Å². The number of likely N-dealkylation sites (tertiary alicyclic amines) is 1. The van der Waals surface area contributed by atoms with Crippen molar-refractivity contribution >= 4 is 17.5 Å². The number of aliphatic hydroxyl groups excluding tert-OH is 1. The minimum atomic E-state index is -0.0987. The van der Waals surface area contributed by atoms with Crippen LogP contribution >= 0.6 is 11.6 Å². The normalized spacial score (nSPS) is 25.6. The van der Waals surface area contributed by atoms with Gasteiger partial charge in [0.2, 0.25) is 5.91 Å². The van der Waals surface area contributed by atoms with Crippen LogP contribution in [0.4, 0.5) is 0 Å². The molecule has 0 bridgehead atoms. The quantitative estimate of drug-likeness (QED) is 0.730.